The maximum Gasteiger partial charge on any atom is 0.389 e. The molecule has 5 nitrogen and oxygen atoms in total. The van der Waals surface area contributed by atoms with Gasteiger partial charge in [-0.15, -0.1) is 5.10 Å². The fraction of sp³-hybridized carbons (Fsp3) is 0.889. The standard InChI is InChI=1S/C9H16F3N5/c1-2-13-7-8-14-15-16-17(8)6-4-3-5-9(10,11)12/h13H,2-7H2,1H3. The summed E-state index contributed by atoms with van der Waals surface area (Å²) in [4.78, 5) is 0. The molecule has 1 heterocycles. The van der Waals surface area contributed by atoms with Gasteiger partial charge in [-0.25, -0.2) is 4.68 Å². The van der Waals surface area contributed by atoms with Gasteiger partial charge in [0.2, 0.25) is 0 Å². The van der Waals surface area contributed by atoms with Gasteiger partial charge in [0.05, 0.1) is 6.54 Å². The maximum absolute atomic E-state index is 11.9. The van der Waals surface area contributed by atoms with E-state index < -0.39 is 12.6 Å². The minimum absolute atomic E-state index is 0.101. The molecule has 0 aliphatic heterocycles. The molecule has 0 amide bonds. The van der Waals surface area contributed by atoms with Crippen molar-refractivity contribution in [2.24, 2.45) is 0 Å². The Hall–Kier alpha value is -1.18. The molecule has 0 bridgehead atoms. The molecule has 0 saturated carbocycles. The molecule has 1 aromatic heterocycles. The van der Waals surface area contributed by atoms with E-state index in [4.69, 9.17) is 0 Å². The van der Waals surface area contributed by atoms with E-state index in [1.807, 2.05) is 6.92 Å². The molecule has 0 saturated heterocycles. The molecule has 0 aliphatic carbocycles. The van der Waals surface area contributed by atoms with Crippen molar-refractivity contribution < 1.29 is 13.2 Å². The number of nitrogens with zero attached hydrogens (tertiary/aromatic N) is 4. The predicted molar refractivity (Wildman–Crippen MR) is 55.1 cm³/mol. The molecule has 0 aliphatic rings. The normalized spacial score (nSPS) is 12.0. The zero-order chi connectivity index (χ0) is 12.7. The van der Waals surface area contributed by atoms with Crippen LogP contribution in [-0.4, -0.2) is 32.9 Å². The average molecular weight is 251 g/mol. The van der Waals surface area contributed by atoms with E-state index in [0.717, 1.165) is 6.54 Å². The van der Waals surface area contributed by atoms with E-state index in [9.17, 15) is 13.2 Å². The van der Waals surface area contributed by atoms with Crippen LogP contribution < -0.4 is 5.32 Å². The summed E-state index contributed by atoms with van der Waals surface area (Å²) in [5, 5.41) is 14.1. The van der Waals surface area contributed by atoms with Gasteiger partial charge in [0.1, 0.15) is 0 Å². The number of alkyl halides is 3. The smallest absolute Gasteiger partial charge is 0.310 e. The summed E-state index contributed by atoms with van der Waals surface area (Å²) in [7, 11) is 0. The Bertz CT molecular complexity index is 323. The van der Waals surface area contributed by atoms with Crippen molar-refractivity contribution in [3.8, 4) is 0 Å². The lowest BCUT2D eigenvalue weighted by Crippen LogP contribution is -2.17. The minimum Gasteiger partial charge on any atom is -0.310 e. The molecule has 1 rings (SSSR count). The highest BCUT2D eigenvalue weighted by atomic mass is 19.4. The van der Waals surface area contributed by atoms with Crippen molar-refractivity contribution in [3.63, 3.8) is 0 Å². The third kappa shape index (κ3) is 5.62. The first-order valence-electron chi connectivity index (χ1n) is 5.55. The monoisotopic (exact) mass is 251 g/mol. The first-order chi connectivity index (χ1) is 8.03. The number of hydrogen-bond acceptors (Lipinski definition) is 4. The number of nitrogens with one attached hydrogen (secondary N) is 1. The number of halogens is 3. The summed E-state index contributed by atoms with van der Waals surface area (Å²) in [5.74, 6) is 0.652. The van der Waals surface area contributed by atoms with Crippen LogP contribution in [0.1, 0.15) is 32.0 Å². The van der Waals surface area contributed by atoms with Crippen molar-refractivity contribution in [1.82, 2.24) is 25.5 Å². The molecule has 17 heavy (non-hydrogen) atoms. The minimum atomic E-state index is -4.08. The van der Waals surface area contributed by atoms with Crippen LogP contribution in [0, 0.1) is 0 Å². The van der Waals surface area contributed by atoms with Crippen LogP contribution >= 0.6 is 0 Å². The SMILES string of the molecule is CCNCc1nnnn1CCCCC(F)(F)F. The van der Waals surface area contributed by atoms with E-state index in [2.05, 4.69) is 20.8 Å². The number of aromatic nitrogens is 4. The molecule has 0 atom stereocenters. The van der Waals surface area contributed by atoms with E-state index in [-0.39, 0.29) is 6.42 Å². The Kier molecular flexibility index (Phi) is 5.33. The molecular weight excluding hydrogens is 235 g/mol. The van der Waals surface area contributed by atoms with Gasteiger partial charge in [0.25, 0.3) is 0 Å². The van der Waals surface area contributed by atoms with E-state index in [1.165, 1.54) is 0 Å². The second-order valence-corrected chi connectivity index (χ2v) is 3.67. The second kappa shape index (κ2) is 6.53. The number of tetrazole rings is 1. The van der Waals surface area contributed by atoms with Gasteiger partial charge >= 0.3 is 6.18 Å². The fourth-order valence-electron chi connectivity index (χ4n) is 1.35. The average Bonchev–Trinajstić information content (AvgIpc) is 2.67. The Labute approximate surface area is 97.4 Å². The Balaban J connectivity index is 2.29. The first-order valence-corrected chi connectivity index (χ1v) is 5.55. The van der Waals surface area contributed by atoms with Crippen molar-refractivity contribution in [2.45, 2.75) is 45.5 Å². The molecule has 1 N–H and O–H groups in total. The topological polar surface area (TPSA) is 55.6 Å². The molecule has 8 heteroatoms. The highest BCUT2D eigenvalue weighted by Gasteiger charge is 2.25. The van der Waals surface area contributed by atoms with Crippen LogP contribution in [0.15, 0.2) is 0 Å². The van der Waals surface area contributed by atoms with Crippen LogP contribution in [-0.2, 0) is 13.1 Å². The fourth-order valence-corrected chi connectivity index (χ4v) is 1.35. The van der Waals surface area contributed by atoms with Crippen LogP contribution in [0.3, 0.4) is 0 Å². The Morgan fingerprint density at radius 1 is 1.29 bits per heavy atom. The van der Waals surface area contributed by atoms with Crippen LogP contribution in [0.4, 0.5) is 13.2 Å². The molecule has 1 aromatic rings. The van der Waals surface area contributed by atoms with E-state index >= 15 is 0 Å². The van der Waals surface area contributed by atoms with Gasteiger partial charge in [-0.3, -0.25) is 0 Å². The van der Waals surface area contributed by atoms with Gasteiger partial charge in [-0.2, -0.15) is 13.2 Å². The van der Waals surface area contributed by atoms with Crippen molar-refractivity contribution in [3.05, 3.63) is 5.82 Å². The van der Waals surface area contributed by atoms with Gasteiger partial charge < -0.3 is 5.32 Å². The zero-order valence-corrected chi connectivity index (χ0v) is 9.67. The summed E-state index contributed by atoms with van der Waals surface area (Å²) in [6, 6.07) is 0. The lowest BCUT2D eigenvalue weighted by Gasteiger charge is -2.07. The van der Waals surface area contributed by atoms with Crippen molar-refractivity contribution in [1.29, 1.82) is 0 Å². The number of aryl methyl sites for hydroxylation is 1. The van der Waals surface area contributed by atoms with Crippen LogP contribution in [0.25, 0.3) is 0 Å². The van der Waals surface area contributed by atoms with E-state index in [1.54, 1.807) is 4.68 Å². The van der Waals surface area contributed by atoms with Crippen LogP contribution in [0.5, 0.6) is 0 Å². The van der Waals surface area contributed by atoms with Crippen LogP contribution in [0.2, 0.25) is 0 Å². The van der Waals surface area contributed by atoms with Gasteiger partial charge in [0.15, 0.2) is 5.82 Å². The Morgan fingerprint density at radius 2 is 2.06 bits per heavy atom. The maximum atomic E-state index is 11.9. The Morgan fingerprint density at radius 3 is 2.71 bits per heavy atom. The lowest BCUT2D eigenvalue weighted by molar-refractivity contribution is -0.135. The predicted octanol–water partition coefficient (Wildman–Crippen LogP) is 1.52. The highest BCUT2D eigenvalue weighted by molar-refractivity contribution is 4.79. The van der Waals surface area contributed by atoms with Crippen molar-refractivity contribution in [2.75, 3.05) is 6.54 Å². The van der Waals surface area contributed by atoms with Gasteiger partial charge in [0, 0.05) is 13.0 Å². The molecule has 0 aromatic carbocycles. The summed E-state index contributed by atoms with van der Waals surface area (Å²) >= 11 is 0. The summed E-state index contributed by atoms with van der Waals surface area (Å²) in [6.07, 6.45) is -4.31. The molecule has 0 spiro atoms. The van der Waals surface area contributed by atoms with Gasteiger partial charge in [-0.05, 0) is 29.8 Å². The largest absolute Gasteiger partial charge is 0.389 e. The molecular formula is C9H16F3N5. The quantitative estimate of drug-likeness (QED) is 0.746. The number of rotatable bonds is 7. The first kappa shape index (κ1) is 13.9. The highest BCUT2D eigenvalue weighted by Crippen LogP contribution is 2.22. The number of unbranched alkanes of at least 4 members (excludes halogenated alkanes) is 1. The summed E-state index contributed by atoms with van der Waals surface area (Å²) in [5.41, 5.74) is 0. The molecule has 0 fully saturated rings. The molecule has 0 unspecified atom stereocenters. The van der Waals surface area contributed by atoms with E-state index in [0.29, 0.717) is 25.3 Å². The summed E-state index contributed by atoms with van der Waals surface area (Å²) in [6.45, 7) is 3.70. The zero-order valence-electron chi connectivity index (χ0n) is 9.67. The third-order valence-corrected chi connectivity index (χ3v) is 2.22. The molecule has 0 radical (unpaired) electrons. The molecule has 98 valence electrons. The van der Waals surface area contributed by atoms with Crippen molar-refractivity contribution >= 4 is 0 Å². The number of hydrogen-bond donors (Lipinski definition) is 1. The summed E-state index contributed by atoms with van der Waals surface area (Å²) < 4.78 is 37.3. The second-order valence-electron chi connectivity index (χ2n) is 3.67. The van der Waals surface area contributed by atoms with Gasteiger partial charge in [-0.1, -0.05) is 6.92 Å². The lowest BCUT2D eigenvalue weighted by atomic mass is 10.2. The third-order valence-electron chi connectivity index (χ3n) is 2.22.